The zero-order valence-corrected chi connectivity index (χ0v) is 16.8. The summed E-state index contributed by atoms with van der Waals surface area (Å²) in [6.07, 6.45) is 10.9. The molecule has 0 radical (unpaired) electrons. The van der Waals surface area contributed by atoms with Crippen molar-refractivity contribution in [3.63, 3.8) is 0 Å². The SMILES string of the molecule is CCCCO.CCCCOC(=O)CCCCCO.O=C1CCCCCO1. The molecular weight excluding hydrogens is 336 g/mol. The molecule has 1 aliphatic heterocycles. The first kappa shape index (κ1) is 27.1. The predicted molar refractivity (Wildman–Crippen MR) is 103 cm³/mol. The monoisotopic (exact) mass is 376 g/mol. The van der Waals surface area contributed by atoms with Gasteiger partial charge in [-0.05, 0) is 44.9 Å². The maximum atomic E-state index is 11.0. The Labute approximate surface area is 159 Å². The molecule has 0 amide bonds. The molecule has 6 nitrogen and oxygen atoms in total. The number of carbonyl (C=O) groups excluding carboxylic acids is 2. The van der Waals surface area contributed by atoms with Gasteiger partial charge in [0, 0.05) is 26.1 Å². The minimum atomic E-state index is -0.105. The highest BCUT2D eigenvalue weighted by molar-refractivity contribution is 5.69. The van der Waals surface area contributed by atoms with Gasteiger partial charge in [0.15, 0.2) is 0 Å². The summed E-state index contributed by atoms with van der Waals surface area (Å²) in [4.78, 5) is 21.5. The van der Waals surface area contributed by atoms with E-state index < -0.39 is 0 Å². The molecule has 156 valence electrons. The largest absolute Gasteiger partial charge is 0.466 e. The van der Waals surface area contributed by atoms with E-state index in [1.165, 1.54) is 0 Å². The lowest BCUT2D eigenvalue weighted by atomic mass is 10.2. The van der Waals surface area contributed by atoms with E-state index in [1.807, 2.05) is 0 Å². The first-order valence-electron chi connectivity index (χ1n) is 10.1. The van der Waals surface area contributed by atoms with Crippen molar-refractivity contribution in [1.82, 2.24) is 0 Å². The quantitative estimate of drug-likeness (QED) is 0.445. The number of esters is 2. The maximum absolute atomic E-state index is 11.0. The van der Waals surface area contributed by atoms with Crippen LogP contribution < -0.4 is 0 Å². The van der Waals surface area contributed by atoms with Gasteiger partial charge in [-0.3, -0.25) is 9.59 Å². The molecule has 0 aromatic rings. The summed E-state index contributed by atoms with van der Waals surface area (Å²) < 4.78 is 9.73. The van der Waals surface area contributed by atoms with Crippen LogP contribution in [-0.4, -0.2) is 48.6 Å². The van der Waals surface area contributed by atoms with Crippen LogP contribution in [0.25, 0.3) is 0 Å². The summed E-state index contributed by atoms with van der Waals surface area (Å²) in [7, 11) is 0. The summed E-state index contributed by atoms with van der Waals surface area (Å²) in [5.74, 6) is -0.131. The Morgan fingerprint density at radius 1 is 0.962 bits per heavy atom. The highest BCUT2D eigenvalue weighted by Crippen LogP contribution is 2.06. The molecule has 0 unspecified atom stereocenters. The molecule has 1 heterocycles. The molecule has 2 N–H and O–H groups in total. The van der Waals surface area contributed by atoms with Gasteiger partial charge in [-0.2, -0.15) is 0 Å². The van der Waals surface area contributed by atoms with Gasteiger partial charge in [-0.1, -0.05) is 33.1 Å². The Kier molecular flexibility index (Phi) is 24.9. The van der Waals surface area contributed by atoms with E-state index in [0.29, 0.717) is 32.7 Å². The van der Waals surface area contributed by atoms with Gasteiger partial charge >= 0.3 is 11.9 Å². The van der Waals surface area contributed by atoms with Crippen LogP contribution in [0.15, 0.2) is 0 Å². The molecule has 0 aromatic heterocycles. The smallest absolute Gasteiger partial charge is 0.305 e. The Bertz CT molecular complexity index is 295. The molecule has 1 rings (SSSR count). The number of aliphatic hydroxyl groups excluding tert-OH is 2. The highest BCUT2D eigenvalue weighted by atomic mass is 16.5. The molecular formula is C20H40O6. The zero-order chi connectivity index (χ0) is 19.9. The van der Waals surface area contributed by atoms with E-state index in [1.54, 1.807) is 0 Å². The Hall–Kier alpha value is -1.14. The van der Waals surface area contributed by atoms with Gasteiger partial charge < -0.3 is 19.7 Å². The molecule has 1 fully saturated rings. The number of hydrogen-bond acceptors (Lipinski definition) is 6. The van der Waals surface area contributed by atoms with Crippen molar-refractivity contribution < 1.29 is 29.3 Å². The first-order valence-corrected chi connectivity index (χ1v) is 10.1. The molecule has 0 spiro atoms. The Morgan fingerprint density at radius 3 is 2.23 bits per heavy atom. The second-order valence-corrected chi connectivity index (χ2v) is 6.22. The summed E-state index contributed by atoms with van der Waals surface area (Å²) in [5, 5.41) is 16.6. The highest BCUT2D eigenvalue weighted by Gasteiger charge is 2.05. The third kappa shape index (κ3) is 25.1. The molecule has 1 aliphatic rings. The van der Waals surface area contributed by atoms with Crippen LogP contribution in [0.2, 0.25) is 0 Å². The van der Waals surface area contributed by atoms with Crippen molar-refractivity contribution in [3.8, 4) is 0 Å². The van der Waals surface area contributed by atoms with E-state index in [2.05, 4.69) is 13.8 Å². The second-order valence-electron chi connectivity index (χ2n) is 6.22. The molecule has 1 saturated heterocycles. The number of hydrogen-bond donors (Lipinski definition) is 2. The standard InChI is InChI=1S/C10H20O3.C6H10O2.C4H10O/c1-2-3-9-13-10(12)7-5-4-6-8-11;7-6-4-2-1-3-5-8-6;1-2-3-4-5/h11H,2-9H2,1H3;1-5H2;5H,2-4H2,1H3. The zero-order valence-electron chi connectivity index (χ0n) is 16.8. The van der Waals surface area contributed by atoms with Crippen molar-refractivity contribution in [2.45, 2.75) is 90.9 Å². The van der Waals surface area contributed by atoms with Crippen LogP contribution in [0.5, 0.6) is 0 Å². The van der Waals surface area contributed by atoms with Crippen molar-refractivity contribution in [2.75, 3.05) is 26.4 Å². The van der Waals surface area contributed by atoms with Crippen molar-refractivity contribution in [3.05, 3.63) is 0 Å². The Morgan fingerprint density at radius 2 is 1.65 bits per heavy atom. The second kappa shape index (κ2) is 23.9. The lowest BCUT2D eigenvalue weighted by molar-refractivity contribution is -0.144. The van der Waals surface area contributed by atoms with E-state index >= 15 is 0 Å². The maximum Gasteiger partial charge on any atom is 0.305 e. The van der Waals surface area contributed by atoms with Gasteiger partial charge in [0.05, 0.1) is 13.2 Å². The van der Waals surface area contributed by atoms with Gasteiger partial charge in [-0.25, -0.2) is 0 Å². The van der Waals surface area contributed by atoms with Crippen LogP contribution in [0.1, 0.15) is 90.9 Å². The van der Waals surface area contributed by atoms with Gasteiger partial charge in [0.25, 0.3) is 0 Å². The first-order chi connectivity index (χ1) is 12.6. The van der Waals surface area contributed by atoms with E-state index in [4.69, 9.17) is 19.7 Å². The number of rotatable bonds is 10. The number of unbranched alkanes of at least 4 members (excludes halogenated alkanes) is 4. The predicted octanol–water partition coefficient (Wildman–Crippen LogP) is 3.76. The molecule has 0 aliphatic carbocycles. The van der Waals surface area contributed by atoms with Gasteiger partial charge in [0.2, 0.25) is 0 Å². The summed E-state index contributed by atoms with van der Waals surface area (Å²) in [6, 6.07) is 0. The van der Waals surface area contributed by atoms with Gasteiger partial charge in [-0.15, -0.1) is 0 Å². The number of carbonyl (C=O) groups is 2. The average Bonchev–Trinajstić information content (AvgIpc) is 2.88. The van der Waals surface area contributed by atoms with Crippen LogP contribution in [0, 0.1) is 0 Å². The van der Waals surface area contributed by atoms with Crippen LogP contribution in [-0.2, 0) is 19.1 Å². The van der Waals surface area contributed by atoms with E-state index in [-0.39, 0.29) is 18.5 Å². The minimum Gasteiger partial charge on any atom is -0.466 e. The van der Waals surface area contributed by atoms with Crippen LogP contribution in [0.3, 0.4) is 0 Å². The Balaban J connectivity index is 0. The lowest BCUT2D eigenvalue weighted by Gasteiger charge is -2.02. The summed E-state index contributed by atoms with van der Waals surface area (Å²) >= 11 is 0. The van der Waals surface area contributed by atoms with Crippen molar-refractivity contribution in [2.24, 2.45) is 0 Å². The minimum absolute atomic E-state index is 0.0255. The van der Waals surface area contributed by atoms with Gasteiger partial charge in [0.1, 0.15) is 0 Å². The number of aliphatic hydroxyl groups is 2. The molecule has 6 heteroatoms. The third-order valence-electron chi connectivity index (χ3n) is 3.60. The van der Waals surface area contributed by atoms with E-state index in [9.17, 15) is 9.59 Å². The molecule has 0 aromatic carbocycles. The fraction of sp³-hybridized carbons (Fsp3) is 0.900. The number of cyclic esters (lactones) is 1. The topological polar surface area (TPSA) is 93.1 Å². The normalized spacial score (nSPS) is 13.3. The average molecular weight is 377 g/mol. The van der Waals surface area contributed by atoms with Crippen molar-refractivity contribution in [1.29, 1.82) is 0 Å². The number of ether oxygens (including phenoxy) is 2. The molecule has 0 saturated carbocycles. The summed E-state index contributed by atoms with van der Waals surface area (Å²) in [5.41, 5.74) is 0. The van der Waals surface area contributed by atoms with Crippen molar-refractivity contribution >= 4 is 11.9 Å². The molecule has 0 atom stereocenters. The molecule has 26 heavy (non-hydrogen) atoms. The van der Waals surface area contributed by atoms with E-state index in [0.717, 1.165) is 64.2 Å². The fourth-order valence-corrected chi connectivity index (χ4v) is 1.92. The molecule has 0 bridgehead atoms. The van der Waals surface area contributed by atoms with Crippen LogP contribution in [0.4, 0.5) is 0 Å². The van der Waals surface area contributed by atoms with Crippen LogP contribution >= 0.6 is 0 Å². The summed E-state index contributed by atoms with van der Waals surface area (Å²) in [6.45, 7) is 5.86. The lowest BCUT2D eigenvalue weighted by Crippen LogP contribution is -2.05. The third-order valence-corrected chi connectivity index (χ3v) is 3.60. The fourth-order valence-electron chi connectivity index (χ4n) is 1.92.